The van der Waals surface area contributed by atoms with E-state index >= 15 is 0 Å². The number of anilines is 3. The molecule has 3 N–H and O–H groups in total. The molecule has 3 aromatic rings. The van der Waals surface area contributed by atoms with E-state index < -0.39 is 0 Å². The van der Waals surface area contributed by atoms with Gasteiger partial charge < -0.3 is 10.6 Å². The second-order valence-corrected chi connectivity index (χ2v) is 9.15. The fourth-order valence-corrected chi connectivity index (χ4v) is 6.12. The summed E-state index contributed by atoms with van der Waals surface area (Å²) in [5.74, 6) is 2.00. The first-order chi connectivity index (χ1) is 15.7. The third-order valence-electron chi connectivity index (χ3n) is 7.28. The highest BCUT2D eigenvalue weighted by Gasteiger charge is 2.64. The van der Waals surface area contributed by atoms with Crippen molar-refractivity contribution < 1.29 is 0 Å². The Morgan fingerprint density at radius 2 is 2.03 bits per heavy atom. The number of aromatic amines is 1. The number of aromatic nitrogens is 4. The first-order valence-corrected chi connectivity index (χ1v) is 11.1. The van der Waals surface area contributed by atoms with Crippen molar-refractivity contribution in [2.75, 3.05) is 10.6 Å². The molecule has 0 amide bonds. The van der Waals surface area contributed by atoms with Gasteiger partial charge >= 0.3 is 0 Å². The summed E-state index contributed by atoms with van der Waals surface area (Å²) in [4.78, 5) is 12.0. The molecule has 3 aliphatic rings. The molecule has 1 unspecified atom stereocenters. The number of nitrogens with zero attached hydrogens (tertiary/aromatic N) is 6. The van der Waals surface area contributed by atoms with E-state index in [-0.39, 0.29) is 0 Å². The molecule has 9 nitrogen and oxygen atoms in total. The number of pyridine rings is 2. The van der Waals surface area contributed by atoms with Crippen LogP contribution in [0.4, 0.5) is 17.5 Å². The molecular formula is C23H23N9. The van der Waals surface area contributed by atoms with Crippen LogP contribution < -0.4 is 10.6 Å². The number of H-pyrrole nitrogens is 1. The van der Waals surface area contributed by atoms with Crippen LogP contribution in [-0.4, -0.2) is 48.7 Å². The van der Waals surface area contributed by atoms with Gasteiger partial charge in [0.15, 0.2) is 5.82 Å². The second-order valence-electron chi connectivity index (χ2n) is 9.15. The number of nitrogens with one attached hydrogen (secondary N) is 3. The molecule has 3 aromatic heterocycles. The van der Waals surface area contributed by atoms with Crippen molar-refractivity contribution >= 4 is 28.4 Å². The van der Waals surface area contributed by atoms with Crippen molar-refractivity contribution in [1.82, 2.24) is 25.1 Å². The highest BCUT2D eigenvalue weighted by molar-refractivity contribution is 5.91. The lowest BCUT2D eigenvalue weighted by molar-refractivity contribution is -0.222. The Morgan fingerprint density at radius 1 is 1.19 bits per heavy atom. The predicted octanol–water partition coefficient (Wildman–Crippen LogP) is 3.43. The second kappa shape index (κ2) is 7.18. The summed E-state index contributed by atoms with van der Waals surface area (Å²) in [6.45, 7) is 0. The summed E-state index contributed by atoms with van der Waals surface area (Å²) in [6, 6.07) is 13.4. The molecule has 0 radical (unpaired) electrons. The smallest absolute Gasteiger partial charge is 0.154 e. The van der Waals surface area contributed by atoms with Crippen LogP contribution in [0, 0.1) is 22.7 Å². The van der Waals surface area contributed by atoms with Gasteiger partial charge in [-0.2, -0.15) is 15.6 Å². The number of rotatable bonds is 6. The Kier molecular flexibility index (Phi) is 4.27. The molecule has 4 atom stereocenters. The minimum Gasteiger partial charge on any atom is -0.367 e. The molecule has 160 valence electrons. The van der Waals surface area contributed by atoms with E-state index in [9.17, 15) is 0 Å². The van der Waals surface area contributed by atoms with E-state index in [0.717, 1.165) is 36.0 Å². The maximum Gasteiger partial charge on any atom is 0.154 e. The van der Waals surface area contributed by atoms with Crippen LogP contribution in [0.5, 0.6) is 0 Å². The monoisotopic (exact) mass is 425 g/mol. The van der Waals surface area contributed by atoms with Crippen molar-refractivity contribution in [2.45, 2.75) is 62.2 Å². The van der Waals surface area contributed by atoms with Gasteiger partial charge in [0, 0.05) is 53.8 Å². The summed E-state index contributed by atoms with van der Waals surface area (Å²) in [5.41, 5.74) is 1.56. The molecule has 3 saturated heterocycles. The van der Waals surface area contributed by atoms with Gasteiger partial charge in [-0.3, -0.25) is 15.0 Å². The Morgan fingerprint density at radius 3 is 2.78 bits per heavy atom. The van der Waals surface area contributed by atoms with Crippen LogP contribution in [0.15, 0.2) is 30.5 Å². The third kappa shape index (κ3) is 2.97. The van der Waals surface area contributed by atoms with E-state index in [1.165, 1.54) is 12.8 Å². The Bertz CT molecular complexity index is 1250. The average Bonchev–Trinajstić information content (AvgIpc) is 3.22. The number of fused-ring (bicyclic) bond motifs is 1. The number of hydrogen-bond donors (Lipinski definition) is 3. The maximum atomic E-state index is 9.01. The molecule has 0 aromatic carbocycles. The zero-order valence-electron chi connectivity index (χ0n) is 17.5. The fraction of sp³-hybridized carbons (Fsp3) is 0.435. The van der Waals surface area contributed by atoms with E-state index in [1.807, 2.05) is 24.3 Å². The molecule has 32 heavy (non-hydrogen) atoms. The van der Waals surface area contributed by atoms with Crippen molar-refractivity contribution in [3.8, 4) is 12.1 Å². The van der Waals surface area contributed by atoms with Gasteiger partial charge in [-0.25, -0.2) is 4.98 Å². The SMILES string of the molecule is N#CCCC12C[C@H]3C[C@H](Nc4nc(Nc5cc(C#N)[nH]n5)cc5ncccc45)C[C@@H](C1)N32. The van der Waals surface area contributed by atoms with Gasteiger partial charge in [0.25, 0.3) is 0 Å². The first kappa shape index (κ1) is 19.0. The molecule has 9 heteroatoms. The zero-order valence-corrected chi connectivity index (χ0v) is 17.5. The van der Waals surface area contributed by atoms with Gasteiger partial charge in [-0.05, 0) is 44.2 Å². The van der Waals surface area contributed by atoms with Crippen molar-refractivity contribution in [3.05, 3.63) is 36.2 Å². The first-order valence-electron chi connectivity index (χ1n) is 11.1. The zero-order chi connectivity index (χ0) is 21.7. The van der Waals surface area contributed by atoms with E-state index in [1.54, 1.807) is 12.3 Å². The molecule has 6 heterocycles. The summed E-state index contributed by atoms with van der Waals surface area (Å²) in [7, 11) is 0. The molecule has 3 fully saturated rings. The molecule has 0 bridgehead atoms. The average molecular weight is 426 g/mol. The molecule has 0 spiro atoms. The van der Waals surface area contributed by atoms with Crippen LogP contribution in [0.2, 0.25) is 0 Å². The highest BCUT2D eigenvalue weighted by atomic mass is 15.4. The highest BCUT2D eigenvalue weighted by Crippen LogP contribution is 2.58. The summed E-state index contributed by atoms with van der Waals surface area (Å²) in [5, 5.41) is 32.6. The quantitative estimate of drug-likeness (QED) is 0.548. The Labute approximate surface area is 185 Å². The molecular weight excluding hydrogens is 402 g/mol. The standard InChI is InChI=1S/C23H23N9/c24-5-2-4-23-11-16-7-14(8-17(12-23)32(16)23)27-22-18-3-1-6-26-19(18)10-20(29-22)28-21-9-15(13-25)30-31-21/h1,3,6,9-10,14,16-17H,2,4,7-8,11-12H2,(H3,27,28,29,30,31)/t14-,16+,17-,23?. The van der Waals surface area contributed by atoms with E-state index in [0.29, 0.717) is 47.4 Å². The third-order valence-corrected chi connectivity index (χ3v) is 7.28. The summed E-state index contributed by atoms with van der Waals surface area (Å²) < 4.78 is 0. The Balaban J connectivity index is 1.22. The lowest BCUT2D eigenvalue weighted by Crippen LogP contribution is -2.81. The van der Waals surface area contributed by atoms with E-state index in [4.69, 9.17) is 15.5 Å². The fourth-order valence-electron chi connectivity index (χ4n) is 6.12. The van der Waals surface area contributed by atoms with Crippen LogP contribution in [-0.2, 0) is 0 Å². The topological polar surface area (TPSA) is 129 Å². The Hall–Kier alpha value is -3.69. The van der Waals surface area contributed by atoms with Gasteiger partial charge in [-0.1, -0.05) is 0 Å². The molecule has 6 rings (SSSR count). The summed E-state index contributed by atoms with van der Waals surface area (Å²) >= 11 is 0. The number of piperidine rings is 2. The van der Waals surface area contributed by atoms with Crippen LogP contribution in [0.1, 0.15) is 44.2 Å². The molecule has 3 aliphatic heterocycles. The molecule has 0 aliphatic carbocycles. The van der Waals surface area contributed by atoms with Crippen LogP contribution in [0.25, 0.3) is 10.9 Å². The van der Waals surface area contributed by atoms with Crippen molar-refractivity contribution in [2.24, 2.45) is 0 Å². The lowest BCUT2D eigenvalue weighted by Gasteiger charge is -2.74. The predicted molar refractivity (Wildman–Crippen MR) is 119 cm³/mol. The van der Waals surface area contributed by atoms with Crippen LogP contribution >= 0.6 is 0 Å². The van der Waals surface area contributed by atoms with Gasteiger partial charge in [0.2, 0.25) is 0 Å². The summed E-state index contributed by atoms with van der Waals surface area (Å²) in [6.07, 6.45) is 8.06. The number of hydrogen-bond acceptors (Lipinski definition) is 8. The van der Waals surface area contributed by atoms with E-state index in [2.05, 4.69) is 36.8 Å². The minimum atomic E-state index is 0.320. The van der Waals surface area contributed by atoms with Crippen molar-refractivity contribution in [3.63, 3.8) is 0 Å². The normalized spacial score (nSPS) is 28.0. The largest absolute Gasteiger partial charge is 0.367 e. The van der Waals surface area contributed by atoms with Gasteiger partial charge in [0.1, 0.15) is 23.4 Å². The van der Waals surface area contributed by atoms with Crippen molar-refractivity contribution in [1.29, 1.82) is 10.5 Å². The lowest BCUT2D eigenvalue weighted by atomic mass is 9.57. The van der Waals surface area contributed by atoms with Gasteiger partial charge in [0.05, 0.1) is 11.6 Å². The van der Waals surface area contributed by atoms with Crippen LogP contribution in [0.3, 0.4) is 0 Å². The maximum absolute atomic E-state index is 9.01. The van der Waals surface area contributed by atoms with Gasteiger partial charge in [-0.15, -0.1) is 0 Å². The minimum absolute atomic E-state index is 0.320. The molecule has 0 saturated carbocycles. The number of nitriles is 2.